The summed E-state index contributed by atoms with van der Waals surface area (Å²) < 4.78 is 6.49. The Morgan fingerprint density at radius 3 is 2.42 bits per heavy atom. The van der Waals surface area contributed by atoms with Crippen molar-refractivity contribution in [3.63, 3.8) is 0 Å². The van der Waals surface area contributed by atoms with Crippen LogP contribution in [0.2, 0.25) is 5.02 Å². The second kappa shape index (κ2) is 8.28. The van der Waals surface area contributed by atoms with Gasteiger partial charge in [0.1, 0.15) is 5.75 Å². The lowest BCUT2D eigenvalue weighted by Gasteiger charge is -2.15. The van der Waals surface area contributed by atoms with Crippen LogP contribution in [0.5, 0.6) is 11.6 Å². The van der Waals surface area contributed by atoms with Gasteiger partial charge >= 0.3 is 0 Å². The predicted octanol–water partition coefficient (Wildman–Crippen LogP) is 5.73. The second-order valence-electron chi connectivity index (χ2n) is 7.27. The third-order valence-electron chi connectivity index (χ3n) is 5.33. The highest BCUT2D eigenvalue weighted by molar-refractivity contribution is 6.32. The summed E-state index contributed by atoms with van der Waals surface area (Å²) in [6.45, 7) is 3.97. The van der Waals surface area contributed by atoms with E-state index >= 15 is 0 Å². The van der Waals surface area contributed by atoms with E-state index in [0.717, 1.165) is 11.1 Å². The van der Waals surface area contributed by atoms with Crippen LogP contribution in [0.1, 0.15) is 16.7 Å². The topological polar surface area (TPSA) is 63.8 Å². The van der Waals surface area contributed by atoms with Gasteiger partial charge in [-0.3, -0.25) is 9.79 Å². The maximum atomic E-state index is 13.2. The smallest absolute Gasteiger partial charge is 0.265 e. The Morgan fingerprint density at radius 1 is 1.00 bits per heavy atom. The summed E-state index contributed by atoms with van der Waals surface area (Å²) in [6.07, 6.45) is 1.55. The molecule has 0 saturated carbocycles. The molecule has 0 amide bonds. The molecule has 6 heteroatoms. The molecule has 0 fully saturated rings. The summed E-state index contributed by atoms with van der Waals surface area (Å²) in [5.74, 6) is 0.382. The van der Waals surface area contributed by atoms with Crippen LogP contribution in [-0.4, -0.2) is 23.0 Å². The molecule has 0 unspecified atom stereocenters. The number of fused-ring (bicyclic) bond motifs is 1. The van der Waals surface area contributed by atoms with Crippen LogP contribution in [0.25, 0.3) is 16.5 Å². The first-order valence-corrected chi connectivity index (χ1v) is 10.1. The Hall–Kier alpha value is -3.57. The summed E-state index contributed by atoms with van der Waals surface area (Å²) in [4.78, 5) is 17.7. The normalized spacial score (nSPS) is 11.4. The molecule has 4 aromatic rings. The molecule has 0 radical (unpaired) electrons. The van der Waals surface area contributed by atoms with Crippen LogP contribution in [0, 0.1) is 13.8 Å². The highest BCUT2D eigenvalue weighted by Gasteiger charge is 2.16. The van der Waals surface area contributed by atoms with E-state index in [2.05, 4.69) is 4.99 Å². The van der Waals surface area contributed by atoms with E-state index in [9.17, 15) is 9.90 Å². The zero-order chi connectivity index (χ0) is 22.1. The standard InChI is InChI=1S/C25H21ClN2O3/c1-15-8-10-18(12-16(15)2)28-24(29)20-7-5-4-6-19(20)21(25(28)30)14-27-17-9-11-23(31-3)22(26)13-17/h4-14,30H,1-3H3. The summed E-state index contributed by atoms with van der Waals surface area (Å²) in [7, 11) is 1.55. The van der Waals surface area contributed by atoms with Crippen molar-refractivity contribution in [3.8, 4) is 17.3 Å². The van der Waals surface area contributed by atoms with Crippen LogP contribution in [-0.2, 0) is 0 Å². The number of aromatic nitrogens is 1. The van der Waals surface area contributed by atoms with Gasteiger partial charge in [0.05, 0.1) is 29.1 Å². The molecule has 1 heterocycles. The van der Waals surface area contributed by atoms with Crippen LogP contribution in [0.4, 0.5) is 5.69 Å². The minimum absolute atomic E-state index is 0.171. The molecular formula is C25H21ClN2O3. The van der Waals surface area contributed by atoms with Crippen molar-refractivity contribution in [2.24, 2.45) is 4.99 Å². The molecule has 156 valence electrons. The zero-order valence-corrected chi connectivity index (χ0v) is 18.1. The summed E-state index contributed by atoms with van der Waals surface area (Å²) in [6, 6.07) is 18.0. The maximum Gasteiger partial charge on any atom is 0.265 e. The third-order valence-corrected chi connectivity index (χ3v) is 5.63. The molecule has 3 aromatic carbocycles. The Bertz CT molecular complexity index is 1390. The van der Waals surface area contributed by atoms with Crippen molar-refractivity contribution < 1.29 is 9.84 Å². The molecule has 0 atom stereocenters. The van der Waals surface area contributed by atoms with Gasteiger partial charge < -0.3 is 9.84 Å². The largest absolute Gasteiger partial charge is 0.495 e. The number of aryl methyl sites for hydroxylation is 2. The number of nitrogens with zero attached hydrogens (tertiary/aromatic N) is 2. The van der Waals surface area contributed by atoms with Crippen molar-refractivity contribution in [1.29, 1.82) is 0 Å². The molecule has 0 aliphatic rings. The van der Waals surface area contributed by atoms with Gasteiger partial charge in [-0.15, -0.1) is 0 Å². The van der Waals surface area contributed by atoms with Crippen molar-refractivity contribution >= 4 is 34.3 Å². The zero-order valence-electron chi connectivity index (χ0n) is 17.4. The molecule has 31 heavy (non-hydrogen) atoms. The molecule has 1 N–H and O–H groups in total. The first-order valence-electron chi connectivity index (χ1n) is 9.72. The van der Waals surface area contributed by atoms with Crippen molar-refractivity contribution in [1.82, 2.24) is 4.57 Å². The highest BCUT2D eigenvalue weighted by Crippen LogP contribution is 2.30. The lowest BCUT2D eigenvalue weighted by molar-refractivity contribution is 0.415. The minimum atomic E-state index is -0.291. The molecule has 0 saturated heterocycles. The van der Waals surface area contributed by atoms with Crippen LogP contribution < -0.4 is 10.3 Å². The van der Waals surface area contributed by atoms with E-state index in [1.807, 2.05) is 38.1 Å². The Morgan fingerprint density at radius 2 is 1.74 bits per heavy atom. The fraction of sp³-hybridized carbons (Fsp3) is 0.120. The number of aliphatic imine (C=N–C) groups is 1. The van der Waals surface area contributed by atoms with E-state index in [1.54, 1.807) is 49.7 Å². The van der Waals surface area contributed by atoms with Crippen molar-refractivity contribution in [3.05, 3.63) is 92.7 Å². The number of pyridine rings is 1. The van der Waals surface area contributed by atoms with Gasteiger partial charge in [-0.2, -0.15) is 0 Å². The third kappa shape index (κ3) is 3.80. The number of aromatic hydroxyl groups is 1. The summed E-state index contributed by atoms with van der Waals surface area (Å²) >= 11 is 6.20. The molecule has 5 nitrogen and oxygen atoms in total. The second-order valence-corrected chi connectivity index (χ2v) is 7.68. The number of ether oxygens (including phenoxy) is 1. The molecule has 0 spiro atoms. The number of methoxy groups -OCH3 is 1. The molecule has 0 aliphatic carbocycles. The monoisotopic (exact) mass is 432 g/mol. The van der Waals surface area contributed by atoms with E-state index in [4.69, 9.17) is 16.3 Å². The van der Waals surface area contributed by atoms with E-state index in [1.165, 1.54) is 4.57 Å². The van der Waals surface area contributed by atoms with Crippen LogP contribution >= 0.6 is 11.6 Å². The van der Waals surface area contributed by atoms with Crippen LogP contribution in [0.3, 0.4) is 0 Å². The summed E-state index contributed by atoms with van der Waals surface area (Å²) in [5, 5.41) is 12.7. The van der Waals surface area contributed by atoms with Gasteiger partial charge in [-0.25, -0.2) is 4.57 Å². The first kappa shape index (κ1) is 20.7. The molecule has 0 bridgehead atoms. The number of hydrogen-bond donors (Lipinski definition) is 1. The first-order chi connectivity index (χ1) is 14.9. The average molecular weight is 433 g/mol. The SMILES string of the molecule is COc1ccc(N=Cc2c(O)n(-c3ccc(C)c(C)c3)c(=O)c3ccccc23)cc1Cl. The average Bonchev–Trinajstić information content (AvgIpc) is 2.76. The number of rotatable bonds is 4. The summed E-state index contributed by atoms with van der Waals surface area (Å²) in [5.41, 5.74) is 3.48. The van der Waals surface area contributed by atoms with Crippen molar-refractivity contribution in [2.75, 3.05) is 7.11 Å². The van der Waals surface area contributed by atoms with Gasteiger partial charge in [-0.05, 0) is 61.4 Å². The lowest BCUT2D eigenvalue weighted by Crippen LogP contribution is -2.20. The fourth-order valence-electron chi connectivity index (χ4n) is 3.47. The lowest BCUT2D eigenvalue weighted by atomic mass is 10.1. The quantitative estimate of drug-likeness (QED) is 0.419. The van der Waals surface area contributed by atoms with E-state index < -0.39 is 0 Å². The predicted molar refractivity (Wildman–Crippen MR) is 126 cm³/mol. The molecular weight excluding hydrogens is 412 g/mol. The molecule has 1 aromatic heterocycles. The van der Waals surface area contributed by atoms with E-state index in [0.29, 0.717) is 38.5 Å². The van der Waals surface area contributed by atoms with Crippen molar-refractivity contribution in [2.45, 2.75) is 13.8 Å². The number of hydrogen-bond acceptors (Lipinski definition) is 4. The number of benzene rings is 3. The molecule has 0 aliphatic heterocycles. The van der Waals surface area contributed by atoms with Gasteiger partial charge in [0.25, 0.3) is 5.56 Å². The van der Waals surface area contributed by atoms with Gasteiger partial charge in [0.15, 0.2) is 0 Å². The highest BCUT2D eigenvalue weighted by atomic mass is 35.5. The van der Waals surface area contributed by atoms with Gasteiger partial charge in [0, 0.05) is 17.0 Å². The van der Waals surface area contributed by atoms with E-state index in [-0.39, 0.29) is 11.4 Å². The van der Waals surface area contributed by atoms with Crippen LogP contribution in [0.15, 0.2) is 70.5 Å². The Balaban J connectivity index is 1.93. The molecule has 4 rings (SSSR count). The van der Waals surface area contributed by atoms with Gasteiger partial charge in [0.2, 0.25) is 5.88 Å². The Kier molecular flexibility index (Phi) is 5.53. The number of halogens is 1. The Labute approximate surface area is 184 Å². The minimum Gasteiger partial charge on any atom is -0.495 e. The fourth-order valence-corrected chi connectivity index (χ4v) is 3.72. The van der Waals surface area contributed by atoms with Gasteiger partial charge in [-0.1, -0.05) is 35.9 Å². The maximum absolute atomic E-state index is 13.2.